The van der Waals surface area contributed by atoms with Crippen molar-refractivity contribution < 1.29 is 86.5 Å². The molecule has 0 aliphatic heterocycles. The van der Waals surface area contributed by atoms with E-state index in [1.54, 1.807) is 6.07 Å². The van der Waals surface area contributed by atoms with E-state index in [1.165, 1.54) is 24.3 Å². The van der Waals surface area contributed by atoms with Gasteiger partial charge < -0.3 is 4.55 Å². The Labute approximate surface area is 140 Å². The van der Waals surface area contributed by atoms with Gasteiger partial charge in [-0.1, -0.05) is 26.9 Å². The van der Waals surface area contributed by atoms with Gasteiger partial charge in [-0.3, -0.25) is 0 Å². The van der Waals surface area contributed by atoms with Crippen LogP contribution in [0, 0.1) is 0 Å². The fourth-order valence-electron chi connectivity index (χ4n) is 0.708. The van der Waals surface area contributed by atoms with Gasteiger partial charge in [0.05, 0.1) is 4.90 Å². The van der Waals surface area contributed by atoms with Crippen molar-refractivity contribution in [1.82, 2.24) is 0 Å². The summed E-state index contributed by atoms with van der Waals surface area (Å²) < 4.78 is 58.8. The summed E-state index contributed by atoms with van der Waals surface area (Å²) in [6, 6.07) is 6.70. The van der Waals surface area contributed by atoms with Crippen molar-refractivity contribution in [3.63, 3.8) is 0 Å². The zero-order valence-electron chi connectivity index (χ0n) is 8.47. The molecule has 0 unspecified atom stereocenters. The third-order valence-corrected chi connectivity index (χ3v) is 2.57. The van der Waals surface area contributed by atoms with Gasteiger partial charge in [0.15, 0.2) is 0 Å². The SMILES string of the molecule is O=S(=O)([O-])OOOS(=O)(=O)c1ccccc1.[K+]. The summed E-state index contributed by atoms with van der Waals surface area (Å²) in [7, 11) is -9.52. The Hall–Kier alpha value is 0.596. The van der Waals surface area contributed by atoms with E-state index in [1.807, 2.05) is 0 Å². The number of hydrogen-bond donors (Lipinski definition) is 0. The second-order valence-corrected chi connectivity index (χ2v) is 4.85. The van der Waals surface area contributed by atoms with Crippen LogP contribution < -0.4 is 51.4 Å². The second-order valence-electron chi connectivity index (χ2n) is 2.38. The zero-order chi connectivity index (χ0) is 12.2. The van der Waals surface area contributed by atoms with Gasteiger partial charge in [-0.2, -0.15) is 8.42 Å². The number of benzene rings is 1. The molecule has 1 aromatic rings. The van der Waals surface area contributed by atoms with E-state index in [0.717, 1.165) is 0 Å². The van der Waals surface area contributed by atoms with E-state index in [-0.39, 0.29) is 56.3 Å². The Kier molecular flexibility index (Phi) is 7.50. The first kappa shape index (κ1) is 17.6. The third-order valence-electron chi connectivity index (χ3n) is 1.26. The van der Waals surface area contributed by atoms with E-state index in [0.29, 0.717) is 0 Å². The van der Waals surface area contributed by atoms with Crippen LogP contribution in [0.2, 0.25) is 0 Å². The van der Waals surface area contributed by atoms with E-state index in [2.05, 4.69) is 13.7 Å². The molecule has 0 N–H and O–H groups in total. The first-order valence-corrected chi connectivity index (χ1v) is 6.36. The van der Waals surface area contributed by atoms with Crippen LogP contribution >= 0.6 is 0 Å². The van der Waals surface area contributed by atoms with Gasteiger partial charge in [-0.05, 0) is 17.2 Å². The fraction of sp³-hybridized carbons (Fsp3) is 0. The predicted octanol–water partition coefficient (Wildman–Crippen LogP) is -3.28. The van der Waals surface area contributed by atoms with Gasteiger partial charge in [0, 0.05) is 0 Å². The van der Waals surface area contributed by atoms with Gasteiger partial charge in [0.1, 0.15) is 0 Å². The topological polar surface area (TPSA) is 119 Å². The molecule has 0 aliphatic carbocycles. The maximum atomic E-state index is 11.2. The smallest absolute Gasteiger partial charge is 0.724 e. The summed E-state index contributed by atoms with van der Waals surface area (Å²) in [6.07, 6.45) is 0. The molecular weight excluding hydrogens is 303 g/mol. The van der Waals surface area contributed by atoms with Crippen LogP contribution in [-0.2, 0) is 34.2 Å². The van der Waals surface area contributed by atoms with Crippen molar-refractivity contribution in [1.29, 1.82) is 0 Å². The Morgan fingerprint density at radius 1 is 0.941 bits per heavy atom. The summed E-state index contributed by atoms with van der Waals surface area (Å²) in [4.78, 5) is -0.290. The molecule has 0 atom stereocenters. The van der Waals surface area contributed by atoms with Gasteiger partial charge in [-0.15, -0.1) is 0 Å². The van der Waals surface area contributed by atoms with Crippen molar-refractivity contribution in [2.45, 2.75) is 4.90 Å². The van der Waals surface area contributed by atoms with Crippen LogP contribution in [-0.4, -0.2) is 21.4 Å². The molecule has 11 heteroatoms. The summed E-state index contributed by atoms with van der Waals surface area (Å²) >= 11 is 0. The van der Waals surface area contributed by atoms with E-state index in [9.17, 15) is 21.4 Å². The van der Waals surface area contributed by atoms with E-state index in [4.69, 9.17) is 0 Å². The Balaban J connectivity index is 0.00000256. The fourth-order valence-corrected chi connectivity index (χ4v) is 1.51. The summed E-state index contributed by atoms with van der Waals surface area (Å²) in [5, 5.41) is 3.33. The van der Waals surface area contributed by atoms with Crippen molar-refractivity contribution in [2.75, 3.05) is 0 Å². The summed E-state index contributed by atoms with van der Waals surface area (Å²) in [5.74, 6) is 0. The molecule has 0 aliphatic rings. The van der Waals surface area contributed by atoms with Crippen LogP contribution in [0.4, 0.5) is 0 Å². The van der Waals surface area contributed by atoms with Crippen molar-refractivity contribution in [2.24, 2.45) is 0 Å². The molecule has 0 bridgehead atoms. The van der Waals surface area contributed by atoms with Gasteiger partial charge in [0.25, 0.3) is 0 Å². The maximum Gasteiger partial charge on any atom is 1.00 e. The monoisotopic (exact) mass is 308 g/mol. The molecular formula is C6H5KO8S2. The first-order valence-electron chi connectivity index (χ1n) is 3.61. The number of rotatable bonds is 5. The molecule has 0 radical (unpaired) electrons. The van der Waals surface area contributed by atoms with Crippen molar-refractivity contribution in [3.8, 4) is 0 Å². The first-order chi connectivity index (χ1) is 7.31. The van der Waals surface area contributed by atoms with E-state index >= 15 is 0 Å². The molecule has 0 amide bonds. The van der Waals surface area contributed by atoms with Crippen LogP contribution in [0.5, 0.6) is 0 Å². The molecule has 8 nitrogen and oxygen atoms in total. The Morgan fingerprint density at radius 2 is 1.47 bits per heavy atom. The molecule has 90 valence electrons. The van der Waals surface area contributed by atoms with Gasteiger partial charge in [-0.25, -0.2) is 8.42 Å². The van der Waals surface area contributed by atoms with E-state index < -0.39 is 20.5 Å². The quantitative estimate of drug-likeness (QED) is 0.183. The predicted molar refractivity (Wildman–Crippen MR) is 46.6 cm³/mol. The molecule has 1 rings (SSSR count). The van der Waals surface area contributed by atoms with Crippen LogP contribution in [0.15, 0.2) is 35.2 Å². The Morgan fingerprint density at radius 3 is 1.94 bits per heavy atom. The summed E-state index contributed by atoms with van der Waals surface area (Å²) in [5.41, 5.74) is 0. The molecule has 1 aromatic carbocycles. The Bertz CT molecular complexity index is 537. The largest absolute Gasteiger partial charge is 1.00 e. The normalized spacial score (nSPS) is 11.8. The summed E-state index contributed by atoms with van der Waals surface area (Å²) in [6.45, 7) is 0. The van der Waals surface area contributed by atoms with Gasteiger partial charge >= 0.3 is 61.5 Å². The molecule has 0 saturated carbocycles. The minimum absolute atomic E-state index is 0. The third kappa shape index (κ3) is 6.93. The molecule has 0 aromatic heterocycles. The standard InChI is InChI=1S/C6H6O8S2.K/c7-15(8,6-4-2-1-3-5-6)13-12-14-16(9,10)11;/h1-5H,(H,9,10,11);/q;+1/p-1. The van der Waals surface area contributed by atoms with Gasteiger partial charge in [0.2, 0.25) is 10.4 Å². The van der Waals surface area contributed by atoms with Crippen molar-refractivity contribution >= 4 is 20.5 Å². The number of hydrogen-bond acceptors (Lipinski definition) is 8. The zero-order valence-corrected chi connectivity index (χ0v) is 13.2. The molecule has 0 heterocycles. The molecule has 17 heavy (non-hydrogen) atoms. The average molecular weight is 308 g/mol. The second kappa shape index (κ2) is 7.25. The minimum atomic E-state index is -5.19. The molecule has 0 spiro atoms. The molecule has 0 saturated heterocycles. The van der Waals surface area contributed by atoms with Crippen molar-refractivity contribution in [3.05, 3.63) is 30.3 Å². The molecule has 0 fully saturated rings. The maximum absolute atomic E-state index is 11.2. The minimum Gasteiger partial charge on any atom is -0.724 e. The van der Waals surface area contributed by atoms with Crippen LogP contribution in [0.1, 0.15) is 0 Å². The average Bonchev–Trinajstić information content (AvgIpc) is 2.17. The van der Waals surface area contributed by atoms with Crippen LogP contribution in [0.3, 0.4) is 0 Å². The van der Waals surface area contributed by atoms with Crippen LogP contribution in [0.25, 0.3) is 0 Å².